The van der Waals surface area contributed by atoms with Crippen LogP contribution in [-0.4, -0.2) is 74.9 Å². The summed E-state index contributed by atoms with van der Waals surface area (Å²) in [6, 6.07) is 3.77. The predicted molar refractivity (Wildman–Crippen MR) is 92.5 cm³/mol. The molecule has 0 spiro atoms. The van der Waals surface area contributed by atoms with E-state index in [0.29, 0.717) is 19.6 Å². The van der Waals surface area contributed by atoms with Gasteiger partial charge in [0.1, 0.15) is 5.76 Å². The number of sulfone groups is 1. The molecule has 1 aromatic heterocycles. The van der Waals surface area contributed by atoms with Crippen molar-refractivity contribution in [2.75, 3.05) is 50.8 Å². The molecule has 0 bridgehead atoms. The molecule has 1 amide bonds. The molecule has 7 nitrogen and oxygen atoms in total. The molecule has 136 valence electrons. The molecule has 2 heterocycles. The van der Waals surface area contributed by atoms with Crippen LogP contribution in [-0.2, 0) is 14.6 Å². The van der Waals surface area contributed by atoms with Gasteiger partial charge in [-0.2, -0.15) is 0 Å². The number of hydrogen-bond donors (Lipinski definition) is 1. The Morgan fingerprint density at radius 1 is 1.33 bits per heavy atom. The molecule has 1 aliphatic rings. The van der Waals surface area contributed by atoms with Gasteiger partial charge in [0.15, 0.2) is 9.84 Å². The third-order valence-electron chi connectivity index (χ3n) is 4.42. The quantitative estimate of drug-likeness (QED) is 0.730. The summed E-state index contributed by atoms with van der Waals surface area (Å²) < 4.78 is 28.4. The number of nitrogens with one attached hydrogen (secondary N) is 1. The third-order valence-corrected chi connectivity index (χ3v) is 6.03. The summed E-state index contributed by atoms with van der Waals surface area (Å²) >= 11 is 0. The van der Waals surface area contributed by atoms with Crippen LogP contribution >= 0.6 is 0 Å². The summed E-state index contributed by atoms with van der Waals surface area (Å²) in [4.78, 5) is 16.3. The minimum absolute atomic E-state index is 0.000633. The van der Waals surface area contributed by atoms with Gasteiger partial charge < -0.3 is 9.73 Å². The average molecular weight is 357 g/mol. The average Bonchev–Trinajstić information content (AvgIpc) is 3.07. The van der Waals surface area contributed by atoms with Crippen LogP contribution in [0.15, 0.2) is 22.8 Å². The first-order valence-corrected chi connectivity index (χ1v) is 10.2. The van der Waals surface area contributed by atoms with E-state index < -0.39 is 9.84 Å². The van der Waals surface area contributed by atoms with E-state index >= 15 is 0 Å². The maximum Gasteiger partial charge on any atom is 0.234 e. The van der Waals surface area contributed by atoms with Crippen LogP contribution in [0.3, 0.4) is 0 Å². The van der Waals surface area contributed by atoms with Gasteiger partial charge in [-0.3, -0.25) is 14.6 Å². The maximum atomic E-state index is 12.2. The Balaban J connectivity index is 1.86. The minimum atomic E-state index is -2.92. The van der Waals surface area contributed by atoms with Crippen LogP contribution < -0.4 is 5.32 Å². The molecule has 1 atom stereocenters. The second-order valence-electron chi connectivity index (χ2n) is 5.98. The van der Waals surface area contributed by atoms with Crippen molar-refractivity contribution in [3.8, 4) is 0 Å². The Kier molecular flexibility index (Phi) is 6.82. The molecule has 1 aliphatic heterocycles. The van der Waals surface area contributed by atoms with Crippen molar-refractivity contribution in [2.45, 2.75) is 19.9 Å². The van der Waals surface area contributed by atoms with Crippen molar-refractivity contribution in [1.82, 2.24) is 15.1 Å². The maximum absolute atomic E-state index is 12.2. The highest BCUT2D eigenvalue weighted by molar-refractivity contribution is 7.91. The van der Waals surface area contributed by atoms with Crippen molar-refractivity contribution >= 4 is 15.7 Å². The number of rotatable bonds is 8. The van der Waals surface area contributed by atoms with E-state index in [2.05, 4.69) is 24.1 Å². The summed E-state index contributed by atoms with van der Waals surface area (Å²) in [5.74, 6) is 1.02. The zero-order valence-corrected chi connectivity index (χ0v) is 15.2. The van der Waals surface area contributed by atoms with Crippen molar-refractivity contribution in [2.24, 2.45) is 0 Å². The molecule has 1 saturated heterocycles. The van der Waals surface area contributed by atoms with E-state index in [1.165, 1.54) is 0 Å². The Labute approximate surface area is 143 Å². The van der Waals surface area contributed by atoms with Gasteiger partial charge >= 0.3 is 0 Å². The molecule has 2 rings (SSSR count). The normalized spacial score (nSPS) is 19.3. The number of furan rings is 1. The van der Waals surface area contributed by atoms with Gasteiger partial charge in [0.05, 0.1) is 30.4 Å². The van der Waals surface area contributed by atoms with Crippen molar-refractivity contribution in [3.05, 3.63) is 24.2 Å². The van der Waals surface area contributed by atoms with Crippen LogP contribution in [0, 0.1) is 0 Å². The van der Waals surface area contributed by atoms with E-state index in [1.54, 1.807) is 6.26 Å². The van der Waals surface area contributed by atoms with E-state index in [0.717, 1.165) is 18.8 Å². The largest absolute Gasteiger partial charge is 0.468 e. The Morgan fingerprint density at radius 2 is 2.00 bits per heavy atom. The van der Waals surface area contributed by atoms with E-state index in [9.17, 15) is 13.2 Å². The second kappa shape index (κ2) is 8.64. The summed E-state index contributed by atoms with van der Waals surface area (Å²) in [5.41, 5.74) is 0. The summed E-state index contributed by atoms with van der Waals surface area (Å²) in [6.07, 6.45) is 1.64. The lowest BCUT2D eigenvalue weighted by Gasteiger charge is -2.29. The van der Waals surface area contributed by atoms with Gasteiger partial charge in [-0.05, 0) is 25.2 Å². The lowest BCUT2D eigenvalue weighted by molar-refractivity contribution is -0.122. The van der Waals surface area contributed by atoms with Crippen LogP contribution in [0.1, 0.15) is 25.6 Å². The fourth-order valence-electron chi connectivity index (χ4n) is 2.93. The third kappa shape index (κ3) is 5.32. The van der Waals surface area contributed by atoms with Gasteiger partial charge in [-0.1, -0.05) is 13.8 Å². The van der Waals surface area contributed by atoms with E-state index in [1.807, 2.05) is 17.0 Å². The van der Waals surface area contributed by atoms with Gasteiger partial charge in [0.2, 0.25) is 5.91 Å². The molecule has 1 fully saturated rings. The zero-order valence-electron chi connectivity index (χ0n) is 14.4. The molecule has 0 aliphatic carbocycles. The van der Waals surface area contributed by atoms with Crippen LogP contribution in [0.5, 0.6) is 0 Å². The number of amides is 1. The highest BCUT2D eigenvalue weighted by Gasteiger charge is 2.24. The highest BCUT2D eigenvalue weighted by atomic mass is 32.2. The van der Waals surface area contributed by atoms with Crippen molar-refractivity contribution < 1.29 is 17.6 Å². The predicted octanol–water partition coefficient (Wildman–Crippen LogP) is 0.509. The second-order valence-corrected chi connectivity index (χ2v) is 8.29. The van der Waals surface area contributed by atoms with Crippen LogP contribution in [0.2, 0.25) is 0 Å². The number of likely N-dealkylation sites (N-methyl/N-ethyl adjacent to an activating group) is 1. The van der Waals surface area contributed by atoms with Gasteiger partial charge in [0, 0.05) is 19.6 Å². The SMILES string of the molecule is CCN(CC)C(CNC(=O)CN1CCS(=O)(=O)CC1)c1ccco1. The monoisotopic (exact) mass is 357 g/mol. The van der Waals surface area contributed by atoms with Gasteiger partial charge in [0.25, 0.3) is 0 Å². The summed E-state index contributed by atoms with van der Waals surface area (Å²) in [7, 11) is -2.92. The number of carbonyl (C=O) groups is 1. The van der Waals surface area contributed by atoms with Gasteiger partial charge in [-0.25, -0.2) is 8.42 Å². The number of hydrogen-bond acceptors (Lipinski definition) is 6. The molecule has 1 aromatic rings. The molecular formula is C16H27N3O4S. The molecular weight excluding hydrogens is 330 g/mol. The van der Waals surface area contributed by atoms with Crippen molar-refractivity contribution in [1.29, 1.82) is 0 Å². The Hall–Kier alpha value is -1.38. The topological polar surface area (TPSA) is 82.9 Å². The molecule has 24 heavy (non-hydrogen) atoms. The summed E-state index contributed by atoms with van der Waals surface area (Å²) in [5, 5.41) is 2.96. The first-order valence-electron chi connectivity index (χ1n) is 8.42. The zero-order chi connectivity index (χ0) is 17.6. The molecule has 0 aromatic carbocycles. The van der Waals surface area contributed by atoms with Crippen LogP contribution in [0.25, 0.3) is 0 Å². The summed E-state index contributed by atoms with van der Waals surface area (Å²) in [6.45, 7) is 7.44. The highest BCUT2D eigenvalue weighted by Crippen LogP contribution is 2.20. The molecule has 0 radical (unpaired) electrons. The van der Waals surface area contributed by atoms with Crippen molar-refractivity contribution in [3.63, 3.8) is 0 Å². The Bertz CT molecular complexity index is 597. The minimum Gasteiger partial charge on any atom is -0.468 e. The van der Waals surface area contributed by atoms with E-state index in [-0.39, 0.29) is 30.0 Å². The molecule has 8 heteroatoms. The standard InChI is InChI=1S/C16H27N3O4S/c1-3-19(4-2)14(15-6-5-9-23-15)12-17-16(20)13-18-7-10-24(21,22)11-8-18/h5-6,9,14H,3-4,7-8,10-13H2,1-2H3,(H,17,20). The Morgan fingerprint density at radius 3 is 2.54 bits per heavy atom. The van der Waals surface area contributed by atoms with Gasteiger partial charge in [-0.15, -0.1) is 0 Å². The van der Waals surface area contributed by atoms with E-state index in [4.69, 9.17) is 4.42 Å². The number of carbonyl (C=O) groups excluding carboxylic acids is 1. The first-order chi connectivity index (χ1) is 11.4. The fraction of sp³-hybridized carbons (Fsp3) is 0.688. The lowest BCUT2D eigenvalue weighted by atomic mass is 10.2. The smallest absolute Gasteiger partial charge is 0.234 e. The molecule has 1 N–H and O–H groups in total. The van der Waals surface area contributed by atoms with Crippen LogP contribution in [0.4, 0.5) is 0 Å². The molecule has 1 unspecified atom stereocenters. The number of nitrogens with zero attached hydrogens (tertiary/aromatic N) is 2. The fourth-order valence-corrected chi connectivity index (χ4v) is 4.21. The molecule has 0 saturated carbocycles. The lowest BCUT2D eigenvalue weighted by Crippen LogP contribution is -2.46. The first kappa shape index (κ1) is 19.0.